The molecule has 0 heterocycles. The summed E-state index contributed by atoms with van der Waals surface area (Å²) in [7, 11) is 0. The summed E-state index contributed by atoms with van der Waals surface area (Å²) >= 11 is 0. The van der Waals surface area contributed by atoms with Crippen molar-refractivity contribution >= 4 is 0 Å². The summed E-state index contributed by atoms with van der Waals surface area (Å²) in [6.45, 7) is 0.140. The maximum Gasteiger partial charge on any atom is 0.242 e. The molecule has 1 aromatic carbocycles. The van der Waals surface area contributed by atoms with Crippen molar-refractivity contribution in [3.8, 4) is 0 Å². The van der Waals surface area contributed by atoms with Crippen LogP contribution >= 0.6 is 0 Å². The normalized spacial score (nSPS) is 9.12. The molecule has 1 N–H and O–H groups in total. The Labute approximate surface area is 48.6 Å². The van der Waals surface area contributed by atoms with Crippen LogP contribution < -0.4 is 0 Å². The van der Waals surface area contributed by atoms with E-state index >= 15 is 0 Å². The Balaban J connectivity index is 2.83. The van der Waals surface area contributed by atoms with Gasteiger partial charge in [-0.2, -0.15) is 5.11 Å². The summed E-state index contributed by atoms with van der Waals surface area (Å²) in [5.74, 6) is 0. The van der Waals surface area contributed by atoms with Gasteiger partial charge in [-0.3, -0.25) is 0 Å². The molecule has 0 spiro atoms. The molecule has 41 valence electrons. The Kier molecular flexibility index (Phi) is 1.65. The monoisotopic (exact) mass is 108 g/mol. The minimum Gasteiger partial charge on any atom is -0.157 e. The largest absolute Gasteiger partial charge is 0.242 e. The SMILES string of the molecule is [OH+]Cc1ccccc1. The zero-order chi connectivity index (χ0) is 5.82. The molecule has 0 saturated carbocycles. The van der Waals surface area contributed by atoms with Gasteiger partial charge in [0.25, 0.3) is 0 Å². The molecular weight excluding hydrogens is 100 g/mol. The summed E-state index contributed by atoms with van der Waals surface area (Å²) in [5.41, 5.74) is 0.965. The van der Waals surface area contributed by atoms with E-state index in [0.717, 1.165) is 5.56 Å². The van der Waals surface area contributed by atoms with Crippen LogP contribution in [0.25, 0.3) is 0 Å². The van der Waals surface area contributed by atoms with Crippen LogP contribution in [0.15, 0.2) is 30.3 Å². The molecule has 1 rings (SSSR count). The van der Waals surface area contributed by atoms with Crippen LogP contribution in [0.5, 0.6) is 0 Å². The second kappa shape index (κ2) is 2.48. The van der Waals surface area contributed by atoms with Crippen molar-refractivity contribution in [3.63, 3.8) is 0 Å². The highest BCUT2D eigenvalue weighted by Crippen LogP contribution is 1.95. The smallest absolute Gasteiger partial charge is 0.157 e. The third-order valence-corrected chi connectivity index (χ3v) is 1.03. The predicted octanol–water partition coefficient (Wildman–Crippen LogP) is 1.18. The highest BCUT2D eigenvalue weighted by Gasteiger charge is 1.88. The van der Waals surface area contributed by atoms with Gasteiger partial charge in [0, 0.05) is 5.56 Å². The minimum atomic E-state index is 0.140. The van der Waals surface area contributed by atoms with Crippen LogP contribution in [-0.4, -0.2) is 5.11 Å². The summed E-state index contributed by atoms with van der Waals surface area (Å²) in [5, 5.41) is 8.54. The van der Waals surface area contributed by atoms with Gasteiger partial charge in [-0.05, 0) is 0 Å². The van der Waals surface area contributed by atoms with E-state index in [9.17, 15) is 0 Å². The van der Waals surface area contributed by atoms with Crippen molar-refractivity contribution in [3.05, 3.63) is 35.9 Å². The fourth-order valence-electron chi connectivity index (χ4n) is 0.583. The molecule has 1 nitrogen and oxygen atoms in total. The summed E-state index contributed by atoms with van der Waals surface area (Å²) < 4.78 is 0. The van der Waals surface area contributed by atoms with E-state index in [2.05, 4.69) is 0 Å². The van der Waals surface area contributed by atoms with Crippen molar-refractivity contribution in [1.29, 1.82) is 0 Å². The molecule has 1 aromatic rings. The number of benzene rings is 1. The molecule has 8 heavy (non-hydrogen) atoms. The van der Waals surface area contributed by atoms with E-state index in [1.165, 1.54) is 0 Å². The lowest BCUT2D eigenvalue weighted by Crippen LogP contribution is -1.77. The van der Waals surface area contributed by atoms with Gasteiger partial charge in [0.15, 0.2) is 0 Å². The first kappa shape index (κ1) is 5.32. The molecule has 0 bridgehead atoms. The van der Waals surface area contributed by atoms with Crippen LogP contribution in [0.3, 0.4) is 0 Å². The average molecular weight is 108 g/mol. The Morgan fingerprint density at radius 1 is 1.12 bits per heavy atom. The van der Waals surface area contributed by atoms with Gasteiger partial charge in [-0.25, -0.2) is 0 Å². The molecule has 0 fully saturated rings. The van der Waals surface area contributed by atoms with E-state index in [1.807, 2.05) is 30.3 Å². The Bertz CT molecular complexity index is 146. The number of hydrogen-bond donors (Lipinski definition) is 0. The van der Waals surface area contributed by atoms with E-state index in [-0.39, 0.29) is 6.61 Å². The lowest BCUT2D eigenvalue weighted by atomic mass is 10.2. The minimum absolute atomic E-state index is 0.140. The zero-order valence-corrected chi connectivity index (χ0v) is 4.54. The Morgan fingerprint density at radius 2 is 1.75 bits per heavy atom. The molecular formula is C7H8O+. The molecule has 1 radical (unpaired) electrons. The second-order valence-electron chi connectivity index (χ2n) is 1.64. The summed E-state index contributed by atoms with van der Waals surface area (Å²) in [6.07, 6.45) is 0. The third-order valence-electron chi connectivity index (χ3n) is 1.03. The zero-order valence-electron chi connectivity index (χ0n) is 4.54. The number of aliphatic hydroxyl groups excluding tert-OH is 1. The fraction of sp³-hybridized carbons (Fsp3) is 0.143. The second-order valence-corrected chi connectivity index (χ2v) is 1.64. The maximum absolute atomic E-state index is 8.54. The molecule has 1 heteroatoms. The average Bonchev–Trinajstić information content (AvgIpc) is 1.90. The predicted molar refractivity (Wildman–Crippen MR) is 32.4 cm³/mol. The van der Waals surface area contributed by atoms with Gasteiger partial charge in [0.1, 0.15) is 0 Å². The molecule has 0 unspecified atom stereocenters. The first-order valence-electron chi connectivity index (χ1n) is 2.58. The lowest BCUT2D eigenvalue weighted by Gasteiger charge is -1.83. The van der Waals surface area contributed by atoms with E-state index in [0.29, 0.717) is 0 Å². The molecule has 0 saturated heterocycles. The van der Waals surface area contributed by atoms with Gasteiger partial charge in [0.05, 0.1) is 0 Å². The fourth-order valence-corrected chi connectivity index (χ4v) is 0.583. The van der Waals surface area contributed by atoms with E-state index in [4.69, 9.17) is 5.11 Å². The van der Waals surface area contributed by atoms with Crippen LogP contribution in [-0.2, 0) is 6.61 Å². The van der Waals surface area contributed by atoms with Gasteiger partial charge >= 0.3 is 0 Å². The quantitative estimate of drug-likeness (QED) is 0.495. The first-order chi connectivity index (χ1) is 3.93. The van der Waals surface area contributed by atoms with E-state index in [1.54, 1.807) is 0 Å². The van der Waals surface area contributed by atoms with Crippen LogP contribution in [0.1, 0.15) is 5.56 Å². The molecule has 0 amide bonds. The van der Waals surface area contributed by atoms with Crippen molar-refractivity contribution < 1.29 is 5.11 Å². The van der Waals surface area contributed by atoms with Crippen molar-refractivity contribution in [2.75, 3.05) is 0 Å². The maximum atomic E-state index is 8.54. The molecule has 0 atom stereocenters. The summed E-state index contributed by atoms with van der Waals surface area (Å²) in [6, 6.07) is 9.52. The van der Waals surface area contributed by atoms with Crippen LogP contribution in [0.2, 0.25) is 0 Å². The highest BCUT2D eigenvalue weighted by atomic mass is 16.3. The van der Waals surface area contributed by atoms with Crippen molar-refractivity contribution in [2.24, 2.45) is 0 Å². The number of hydrogen-bond acceptors (Lipinski definition) is 1. The molecule has 0 aromatic heterocycles. The third kappa shape index (κ3) is 1.07. The molecule has 0 aliphatic heterocycles. The van der Waals surface area contributed by atoms with Gasteiger partial charge in [-0.1, -0.05) is 30.3 Å². The van der Waals surface area contributed by atoms with Gasteiger partial charge in [0.2, 0.25) is 6.61 Å². The molecule has 0 aliphatic rings. The van der Waals surface area contributed by atoms with Gasteiger partial charge in [-0.15, -0.1) is 0 Å². The lowest BCUT2D eigenvalue weighted by molar-refractivity contribution is 0.282. The van der Waals surface area contributed by atoms with Crippen LogP contribution in [0, 0.1) is 0 Å². The number of aliphatic hydroxyl groups is 1. The Hall–Kier alpha value is -0.820. The Morgan fingerprint density at radius 3 is 2.12 bits per heavy atom. The standard InChI is InChI=1S/C7H8O/c8-6-7-4-2-1-3-5-7/h1-5,8H,6H2/q+1. The van der Waals surface area contributed by atoms with Gasteiger partial charge < -0.3 is 0 Å². The topological polar surface area (TPSA) is 21.4 Å². The first-order valence-corrected chi connectivity index (χ1v) is 2.58. The van der Waals surface area contributed by atoms with Crippen molar-refractivity contribution in [2.45, 2.75) is 6.61 Å². The van der Waals surface area contributed by atoms with Crippen LogP contribution in [0.4, 0.5) is 0 Å². The molecule has 0 aliphatic carbocycles. The highest BCUT2D eigenvalue weighted by molar-refractivity contribution is 5.12. The number of rotatable bonds is 1. The van der Waals surface area contributed by atoms with E-state index < -0.39 is 0 Å². The van der Waals surface area contributed by atoms with Crippen molar-refractivity contribution in [1.82, 2.24) is 0 Å². The summed E-state index contributed by atoms with van der Waals surface area (Å²) in [4.78, 5) is 0.